The van der Waals surface area contributed by atoms with Crippen molar-refractivity contribution in [2.45, 2.75) is 12.7 Å². The molecule has 0 spiro atoms. The molecule has 3 aromatic carbocycles. The summed E-state index contributed by atoms with van der Waals surface area (Å²) in [4.78, 5) is 41.5. The maximum Gasteiger partial charge on any atom is 0.416 e. The van der Waals surface area contributed by atoms with Gasteiger partial charge in [-0.2, -0.15) is 13.2 Å². The Morgan fingerprint density at radius 2 is 1.63 bits per heavy atom. The molecule has 2 amide bonds. The van der Waals surface area contributed by atoms with Crippen LogP contribution in [0.2, 0.25) is 0 Å². The first kappa shape index (κ1) is 23.6. The third-order valence-electron chi connectivity index (χ3n) is 4.96. The number of amides is 2. The van der Waals surface area contributed by atoms with E-state index in [0.717, 1.165) is 35.2 Å². The fraction of sp³-hybridized carbons (Fsp3) is 0.0833. The number of rotatable bonds is 5. The molecule has 1 heterocycles. The standard InChI is InChI=1S/C24H16F4N4O3/c25-16-7-8-19-20(11-16)29-13-32(23(19)35)12-21(33)30-17-5-1-3-14(9-17)22(34)31-18-6-2-4-15(10-18)24(26,27)28/h1-11,13H,12H2,(H,30,33)(H,31,34). The van der Waals surface area contributed by atoms with Gasteiger partial charge in [0.05, 0.1) is 22.8 Å². The summed E-state index contributed by atoms with van der Waals surface area (Å²) in [6.07, 6.45) is -3.42. The van der Waals surface area contributed by atoms with Gasteiger partial charge < -0.3 is 10.6 Å². The lowest BCUT2D eigenvalue weighted by molar-refractivity contribution is -0.137. The third kappa shape index (κ3) is 5.52. The van der Waals surface area contributed by atoms with Crippen LogP contribution in [0.5, 0.6) is 0 Å². The van der Waals surface area contributed by atoms with Crippen LogP contribution >= 0.6 is 0 Å². The van der Waals surface area contributed by atoms with Gasteiger partial charge in [0.2, 0.25) is 5.91 Å². The van der Waals surface area contributed by atoms with Crippen molar-refractivity contribution in [1.82, 2.24) is 9.55 Å². The van der Waals surface area contributed by atoms with Crippen LogP contribution in [0.25, 0.3) is 10.9 Å². The highest BCUT2D eigenvalue weighted by Crippen LogP contribution is 2.30. The number of halogens is 4. The summed E-state index contributed by atoms with van der Waals surface area (Å²) in [5.74, 6) is -1.81. The predicted molar refractivity (Wildman–Crippen MR) is 120 cm³/mol. The van der Waals surface area contributed by atoms with E-state index >= 15 is 0 Å². The van der Waals surface area contributed by atoms with Crippen molar-refractivity contribution in [1.29, 1.82) is 0 Å². The Morgan fingerprint density at radius 1 is 0.914 bits per heavy atom. The highest BCUT2D eigenvalue weighted by Gasteiger charge is 2.30. The zero-order valence-corrected chi connectivity index (χ0v) is 17.8. The molecule has 0 fully saturated rings. The number of nitrogens with zero attached hydrogens (tertiary/aromatic N) is 2. The average Bonchev–Trinajstić information content (AvgIpc) is 2.80. The Labute approximate surface area is 195 Å². The Kier molecular flexibility index (Phi) is 6.32. The van der Waals surface area contributed by atoms with Crippen molar-refractivity contribution >= 4 is 34.1 Å². The van der Waals surface area contributed by atoms with Gasteiger partial charge in [-0.3, -0.25) is 19.0 Å². The Hall–Kier alpha value is -4.54. The van der Waals surface area contributed by atoms with E-state index in [9.17, 15) is 31.9 Å². The van der Waals surface area contributed by atoms with E-state index in [1.807, 2.05) is 0 Å². The molecule has 0 unspecified atom stereocenters. The molecule has 0 aliphatic carbocycles. The smallest absolute Gasteiger partial charge is 0.325 e. The maximum atomic E-state index is 13.3. The van der Waals surface area contributed by atoms with Crippen molar-refractivity contribution < 1.29 is 27.2 Å². The fourth-order valence-corrected chi connectivity index (χ4v) is 3.31. The molecular formula is C24H16F4N4O3. The zero-order chi connectivity index (χ0) is 25.2. The number of hydrogen-bond acceptors (Lipinski definition) is 4. The Bertz CT molecular complexity index is 1500. The van der Waals surface area contributed by atoms with Gasteiger partial charge in [0.15, 0.2) is 0 Å². The van der Waals surface area contributed by atoms with E-state index in [1.54, 1.807) is 0 Å². The molecule has 0 atom stereocenters. The first-order valence-corrected chi connectivity index (χ1v) is 10.1. The number of hydrogen-bond donors (Lipinski definition) is 2. The lowest BCUT2D eigenvalue weighted by atomic mass is 10.1. The molecule has 4 aromatic rings. The van der Waals surface area contributed by atoms with Crippen LogP contribution in [0.3, 0.4) is 0 Å². The van der Waals surface area contributed by atoms with Gasteiger partial charge in [-0.05, 0) is 48.5 Å². The predicted octanol–water partition coefficient (Wildman–Crippen LogP) is 4.45. The zero-order valence-electron chi connectivity index (χ0n) is 17.8. The number of alkyl halides is 3. The minimum atomic E-state index is -4.55. The maximum absolute atomic E-state index is 13.3. The van der Waals surface area contributed by atoms with Crippen molar-refractivity contribution in [2.75, 3.05) is 10.6 Å². The Morgan fingerprint density at radius 3 is 2.37 bits per heavy atom. The molecule has 1 aromatic heterocycles. The molecule has 4 rings (SSSR count). The van der Waals surface area contributed by atoms with Crippen LogP contribution in [-0.2, 0) is 17.5 Å². The van der Waals surface area contributed by atoms with Crippen LogP contribution in [0.15, 0.2) is 77.9 Å². The lowest BCUT2D eigenvalue weighted by Crippen LogP contribution is -2.28. The number of carbonyl (C=O) groups is 2. The highest BCUT2D eigenvalue weighted by atomic mass is 19.4. The van der Waals surface area contributed by atoms with Crippen molar-refractivity contribution in [3.05, 3.63) is 100 Å². The van der Waals surface area contributed by atoms with Gasteiger partial charge in [0.1, 0.15) is 12.4 Å². The van der Waals surface area contributed by atoms with Crippen LogP contribution in [0.1, 0.15) is 15.9 Å². The van der Waals surface area contributed by atoms with Gasteiger partial charge in [-0.15, -0.1) is 0 Å². The van der Waals surface area contributed by atoms with E-state index in [2.05, 4.69) is 15.6 Å². The minimum Gasteiger partial charge on any atom is -0.325 e. The van der Waals surface area contributed by atoms with Crippen LogP contribution in [0, 0.1) is 5.82 Å². The second-order valence-electron chi connectivity index (χ2n) is 7.50. The van der Waals surface area contributed by atoms with Crippen molar-refractivity contribution in [2.24, 2.45) is 0 Å². The SMILES string of the molecule is O=C(Cn1cnc2cc(F)ccc2c1=O)Nc1cccc(C(=O)Nc2cccc(C(F)(F)F)c2)c1. The molecule has 0 bridgehead atoms. The molecule has 0 saturated carbocycles. The number of carbonyl (C=O) groups excluding carboxylic acids is 2. The number of fused-ring (bicyclic) bond motifs is 1. The summed E-state index contributed by atoms with van der Waals surface area (Å²) in [6.45, 7) is -0.389. The van der Waals surface area contributed by atoms with E-state index < -0.39 is 34.9 Å². The number of nitrogens with one attached hydrogen (secondary N) is 2. The number of benzene rings is 3. The molecular weight excluding hydrogens is 468 g/mol. The van der Waals surface area contributed by atoms with Gasteiger partial charge in [-0.25, -0.2) is 9.37 Å². The van der Waals surface area contributed by atoms with E-state index in [1.165, 1.54) is 42.5 Å². The average molecular weight is 484 g/mol. The first-order valence-electron chi connectivity index (χ1n) is 10.1. The van der Waals surface area contributed by atoms with E-state index in [0.29, 0.717) is 0 Å². The van der Waals surface area contributed by atoms with Crippen molar-refractivity contribution in [3.63, 3.8) is 0 Å². The summed E-state index contributed by atoms with van der Waals surface area (Å²) in [7, 11) is 0. The number of anilines is 2. The Balaban J connectivity index is 1.46. The molecule has 35 heavy (non-hydrogen) atoms. The lowest BCUT2D eigenvalue weighted by Gasteiger charge is -2.11. The molecule has 11 heteroatoms. The topological polar surface area (TPSA) is 93.1 Å². The van der Waals surface area contributed by atoms with Crippen molar-refractivity contribution in [3.8, 4) is 0 Å². The van der Waals surface area contributed by atoms with Gasteiger partial charge >= 0.3 is 6.18 Å². The van der Waals surface area contributed by atoms with E-state index in [-0.39, 0.29) is 34.4 Å². The molecule has 0 aliphatic rings. The summed E-state index contributed by atoms with van der Waals surface area (Å²) in [6, 6.07) is 13.5. The van der Waals surface area contributed by atoms with Crippen LogP contribution in [0.4, 0.5) is 28.9 Å². The van der Waals surface area contributed by atoms with Gasteiger partial charge in [-0.1, -0.05) is 12.1 Å². The second-order valence-corrected chi connectivity index (χ2v) is 7.50. The quantitative estimate of drug-likeness (QED) is 0.410. The minimum absolute atomic E-state index is 0.0395. The number of aromatic nitrogens is 2. The summed E-state index contributed by atoms with van der Waals surface area (Å²) in [5, 5.41) is 5.08. The molecule has 178 valence electrons. The van der Waals surface area contributed by atoms with E-state index in [4.69, 9.17) is 0 Å². The fourth-order valence-electron chi connectivity index (χ4n) is 3.31. The molecule has 2 N–H and O–H groups in total. The molecule has 0 radical (unpaired) electrons. The first-order chi connectivity index (χ1) is 16.6. The molecule has 7 nitrogen and oxygen atoms in total. The van der Waals surface area contributed by atoms with Crippen LogP contribution in [-0.4, -0.2) is 21.4 Å². The highest BCUT2D eigenvalue weighted by molar-refractivity contribution is 6.05. The second kappa shape index (κ2) is 9.37. The van der Waals surface area contributed by atoms with Crippen LogP contribution < -0.4 is 16.2 Å². The summed E-state index contributed by atoms with van der Waals surface area (Å²) < 4.78 is 53.0. The normalized spacial score (nSPS) is 11.3. The summed E-state index contributed by atoms with van der Waals surface area (Å²) in [5.41, 5.74) is -0.991. The van der Waals surface area contributed by atoms with Gasteiger partial charge in [0, 0.05) is 23.0 Å². The van der Waals surface area contributed by atoms with Gasteiger partial charge in [0.25, 0.3) is 11.5 Å². The third-order valence-corrected chi connectivity index (χ3v) is 4.96. The molecule has 0 saturated heterocycles. The molecule has 0 aliphatic heterocycles. The monoisotopic (exact) mass is 484 g/mol. The summed E-state index contributed by atoms with van der Waals surface area (Å²) >= 11 is 0. The largest absolute Gasteiger partial charge is 0.416 e.